The normalized spacial score (nSPS) is 9.77. The molecule has 0 fully saturated rings. The van der Waals surface area contributed by atoms with Crippen molar-refractivity contribution in [1.29, 1.82) is 0 Å². The summed E-state index contributed by atoms with van der Waals surface area (Å²) < 4.78 is 4.58. The topological polar surface area (TPSA) is 26.3 Å². The number of ether oxygens (including phenoxy) is 1. The van der Waals surface area contributed by atoms with Crippen LogP contribution in [0.2, 0.25) is 0 Å². The predicted octanol–water partition coefficient (Wildman–Crippen LogP) is 2.00. The number of aryl methyl sites for hydroxylation is 1. The molecule has 1 aromatic rings. The summed E-state index contributed by atoms with van der Waals surface area (Å²) in [5, 5.41) is 0. The largest absolute Gasteiger partial charge is 0.469 e. The van der Waals surface area contributed by atoms with Gasteiger partial charge in [0.05, 0.1) is 13.5 Å². The molecule has 0 spiro atoms. The minimum atomic E-state index is -0.213. The highest BCUT2D eigenvalue weighted by molar-refractivity contribution is 7.80. The summed E-state index contributed by atoms with van der Waals surface area (Å²) in [7, 11) is 1.39. The van der Waals surface area contributed by atoms with E-state index in [1.807, 2.05) is 25.1 Å². The maximum Gasteiger partial charge on any atom is 0.309 e. The van der Waals surface area contributed by atoms with Crippen LogP contribution in [0.15, 0.2) is 23.1 Å². The number of carbonyl (C=O) groups is 1. The van der Waals surface area contributed by atoms with Gasteiger partial charge in [-0.15, -0.1) is 12.6 Å². The predicted molar refractivity (Wildman–Crippen MR) is 54.2 cm³/mol. The van der Waals surface area contributed by atoms with Crippen LogP contribution in [-0.4, -0.2) is 13.1 Å². The smallest absolute Gasteiger partial charge is 0.309 e. The average molecular weight is 196 g/mol. The lowest BCUT2D eigenvalue weighted by molar-refractivity contribution is -0.139. The summed E-state index contributed by atoms with van der Waals surface area (Å²) in [5.74, 6) is -0.213. The number of rotatable bonds is 2. The molecule has 0 amide bonds. The second-order valence-electron chi connectivity index (χ2n) is 2.86. The van der Waals surface area contributed by atoms with Gasteiger partial charge < -0.3 is 4.74 Å². The van der Waals surface area contributed by atoms with Crippen LogP contribution in [0.5, 0.6) is 0 Å². The Morgan fingerprint density at radius 3 is 2.77 bits per heavy atom. The van der Waals surface area contributed by atoms with Gasteiger partial charge in [0.15, 0.2) is 0 Å². The van der Waals surface area contributed by atoms with E-state index >= 15 is 0 Å². The summed E-state index contributed by atoms with van der Waals surface area (Å²) >= 11 is 4.20. The van der Waals surface area contributed by atoms with Gasteiger partial charge in [-0.05, 0) is 30.2 Å². The van der Waals surface area contributed by atoms with Crippen molar-refractivity contribution in [2.24, 2.45) is 0 Å². The van der Waals surface area contributed by atoms with E-state index in [9.17, 15) is 4.79 Å². The van der Waals surface area contributed by atoms with E-state index in [2.05, 4.69) is 17.4 Å². The standard InChI is InChI=1S/C10H12O2S/c1-7-5-9(13)4-3-8(7)6-10(11)12-2/h3-5,13H,6H2,1-2H3. The van der Waals surface area contributed by atoms with E-state index in [0.717, 1.165) is 16.0 Å². The molecule has 3 heteroatoms. The molecule has 0 aliphatic heterocycles. The minimum absolute atomic E-state index is 0.213. The number of esters is 1. The molecule has 0 bridgehead atoms. The molecule has 0 saturated heterocycles. The maximum absolute atomic E-state index is 11.0. The lowest BCUT2D eigenvalue weighted by atomic mass is 10.1. The fourth-order valence-corrected chi connectivity index (χ4v) is 1.37. The molecular formula is C10H12O2S. The fraction of sp³-hybridized carbons (Fsp3) is 0.300. The number of thiol groups is 1. The molecule has 2 nitrogen and oxygen atoms in total. The van der Waals surface area contributed by atoms with Gasteiger partial charge in [0.2, 0.25) is 0 Å². The van der Waals surface area contributed by atoms with Crippen LogP contribution >= 0.6 is 12.6 Å². The number of benzene rings is 1. The highest BCUT2D eigenvalue weighted by atomic mass is 32.1. The van der Waals surface area contributed by atoms with Gasteiger partial charge in [-0.3, -0.25) is 4.79 Å². The van der Waals surface area contributed by atoms with Gasteiger partial charge in [0.25, 0.3) is 0 Å². The molecule has 0 heterocycles. The lowest BCUT2D eigenvalue weighted by Crippen LogP contribution is -2.05. The molecule has 0 unspecified atom stereocenters. The summed E-state index contributed by atoms with van der Waals surface area (Å²) in [6.07, 6.45) is 0.330. The van der Waals surface area contributed by atoms with Crippen molar-refractivity contribution in [3.8, 4) is 0 Å². The molecule has 1 rings (SSSR count). The summed E-state index contributed by atoms with van der Waals surface area (Å²) in [6, 6.07) is 5.70. The number of hydrogen-bond donors (Lipinski definition) is 1. The third kappa shape index (κ3) is 2.77. The molecule has 0 aliphatic rings. The molecular weight excluding hydrogens is 184 g/mol. The molecule has 0 aromatic heterocycles. The van der Waals surface area contributed by atoms with Crippen molar-refractivity contribution in [2.75, 3.05) is 7.11 Å². The molecule has 70 valence electrons. The average Bonchev–Trinajstić information content (AvgIpc) is 2.09. The molecule has 0 aliphatic carbocycles. The zero-order valence-corrected chi connectivity index (χ0v) is 8.60. The first-order chi connectivity index (χ1) is 6.13. The first kappa shape index (κ1) is 10.1. The van der Waals surface area contributed by atoms with Gasteiger partial charge in [-0.1, -0.05) is 6.07 Å². The van der Waals surface area contributed by atoms with Crippen molar-refractivity contribution in [3.05, 3.63) is 29.3 Å². The Bertz CT molecular complexity index is 321. The van der Waals surface area contributed by atoms with Gasteiger partial charge in [-0.2, -0.15) is 0 Å². The first-order valence-electron chi connectivity index (χ1n) is 3.99. The fourth-order valence-electron chi connectivity index (χ4n) is 1.11. The van der Waals surface area contributed by atoms with Crippen molar-refractivity contribution >= 4 is 18.6 Å². The summed E-state index contributed by atoms with van der Waals surface area (Å²) in [5.41, 5.74) is 2.06. The highest BCUT2D eigenvalue weighted by Crippen LogP contribution is 2.14. The zero-order chi connectivity index (χ0) is 9.84. The summed E-state index contributed by atoms with van der Waals surface area (Å²) in [6.45, 7) is 1.96. The Morgan fingerprint density at radius 1 is 1.54 bits per heavy atom. The minimum Gasteiger partial charge on any atom is -0.469 e. The van der Waals surface area contributed by atoms with Crippen LogP contribution in [0, 0.1) is 6.92 Å². The Hall–Kier alpha value is -0.960. The third-order valence-electron chi connectivity index (χ3n) is 1.89. The molecule has 1 aromatic carbocycles. The molecule has 0 N–H and O–H groups in total. The van der Waals surface area contributed by atoms with Gasteiger partial charge in [0.1, 0.15) is 0 Å². The molecule has 0 saturated carbocycles. The highest BCUT2D eigenvalue weighted by Gasteiger charge is 2.05. The number of carbonyl (C=O) groups excluding carboxylic acids is 1. The van der Waals surface area contributed by atoms with Crippen molar-refractivity contribution in [2.45, 2.75) is 18.2 Å². The summed E-state index contributed by atoms with van der Waals surface area (Å²) in [4.78, 5) is 11.9. The zero-order valence-electron chi connectivity index (χ0n) is 7.70. The van der Waals surface area contributed by atoms with Gasteiger partial charge in [0, 0.05) is 4.90 Å². The SMILES string of the molecule is COC(=O)Cc1ccc(S)cc1C. The van der Waals surface area contributed by atoms with Crippen LogP contribution in [0.4, 0.5) is 0 Å². The van der Waals surface area contributed by atoms with Crippen LogP contribution in [0.1, 0.15) is 11.1 Å². The van der Waals surface area contributed by atoms with Crippen molar-refractivity contribution < 1.29 is 9.53 Å². The van der Waals surface area contributed by atoms with Crippen molar-refractivity contribution in [1.82, 2.24) is 0 Å². The van der Waals surface area contributed by atoms with Crippen LogP contribution in [-0.2, 0) is 16.0 Å². The maximum atomic E-state index is 11.0. The van der Waals surface area contributed by atoms with E-state index in [1.165, 1.54) is 7.11 Å². The van der Waals surface area contributed by atoms with E-state index in [-0.39, 0.29) is 5.97 Å². The number of hydrogen-bond acceptors (Lipinski definition) is 3. The van der Waals surface area contributed by atoms with Gasteiger partial charge >= 0.3 is 5.97 Å². The Kier molecular flexibility index (Phi) is 3.37. The van der Waals surface area contributed by atoms with E-state index < -0.39 is 0 Å². The van der Waals surface area contributed by atoms with E-state index in [4.69, 9.17) is 0 Å². The quantitative estimate of drug-likeness (QED) is 0.578. The van der Waals surface area contributed by atoms with Crippen LogP contribution < -0.4 is 0 Å². The van der Waals surface area contributed by atoms with E-state index in [0.29, 0.717) is 6.42 Å². The van der Waals surface area contributed by atoms with E-state index in [1.54, 1.807) is 0 Å². The second kappa shape index (κ2) is 4.33. The first-order valence-corrected chi connectivity index (χ1v) is 4.43. The molecule has 0 atom stereocenters. The third-order valence-corrected chi connectivity index (χ3v) is 2.17. The number of methoxy groups -OCH3 is 1. The second-order valence-corrected chi connectivity index (χ2v) is 3.38. The lowest BCUT2D eigenvalue weighted by Gasteiger charge is -2.04. The molecule has 0 radical (unpaired) electrons. The Morgan fingerprint density at radius 2 is 2.23 bits per heavy atom. The van der Waals surface area contributed by atoms with Gasteiger partial charge in [-0.25, -0.2) is 0 Å². The monoisotopic (exact) mass is 196 g/mol. The van der Waals surface area contributed by atoms with Crippen LogP contribution in [0.3, 0.4) is 0 Å². The van der Waals surface area contributed by atoms with Crippen molar-refractivity contribution in [3.63, 3.8) is 0 Å². The van der Waals surface area contributed by atoms with Crippen LogP contribution in [0.25, 0.3) is 0 Å². The molecule has 13 heavy (non-hydrogen) atoms. The Balaban J connectivity index is 2.83. The Labute approximate surface area is 83.3 Å².